The molecule has 0 aromatic heterocycles. The van der Waals surface area contributed by atoms with Crippen LogP contribution in [-0.2, 0) is 26.2 Å². The summed E-state index contributed by atoms with van der Waals surface area (Å²) in [5, 5.41) is 3.04. The van der Waals surface area contributed by atoms with E-state index in [2.05, 4.69) is 21.2 Å². The second-order valence-corrected chi connectivity index (χ2v) is 11.5. The summed E-state index contributed by atoms with van der Waals surface area (Å²) in [6.07, 6.45) is 0. The Kier molecular flexibility index (Phi) is 10.2. The minimum atomic E-state index is -4.15. The van der Waals surface area contributed by atoms with E-state index in [0.717, 1.165) is 4.31 Å². The van der Waals surface area contributed by atoms with E-state index >= 15 is 0 Å². The molecule has 0 aliphatic carbocycles. The number of amides is 2. The Morgan fingerprint density at radius 2 is 1.71 bits per heavy atom. The van der Waals surface area contributed by atoms with Crippen LogP contribution in [0.5, 0.6) is 5.75 Å². The zero-order chi connectivity index (χ0) is 27.9. The minimum absolute atomic E-state index is 0.0168. The highest BCUT2D eigenvalue weighted by Crippen LogP contribution is 2.27. The Morgan fingerprint density at radius 1 is 1.05 bits per heavy atom. The molecule has 3 rings (SSSR count). The van der Waals surface area contributed by atoms with Gasteiger partial charge in [0.05, 0.1) is 17.2 Å². The summed E-state index contributed by atoms with van der Waals surface area (Å²) >= 11 is 9.45. The molecule has 0 aliphatic rings. The number of hydrogen-bond donors (Lipinski definition) is 1. The number of hydrogen-bond acceptors (Lipinski definition) is 5. The van der Waals surface area contributed by atoms with Crippen LogP contribution in [0.15, 0.2) is 82.2 Å². The van der Waals surface area contributed by atoms with Gasteiger partial charge >= 0.3 is 0 Å². The van der Waals surface area contributed by atoms with Crippen LogP contribution in [0.4, 0.5) is 5.69 Å². The van der Waals surface area contributed by atoms with Gasteiger partial charge in [-0.2, -0.15) is 0 Å². The van der Waals surface area contributed by atoms with Crippen molar-refractivity contribution in [2.24, 2.45) is 0 Å². The average Bonchev–Trinajstić information content (AvgIpc) is 2.90. The molecule has 0 aliphatic heterocycles. The van der Waals surface area contributed by atoms with E-state index in [9.17, 15) is 18.0 Å². The molecule has 2 amide bonds. The number of carbonyl (C=O) groups excluding carboxylic acids is 2. The second-order valence-electron chi connectivity index (χ2n) is 8.33. The van der Waals surface area contributed by atoms with E-state index in [-0.39, 0.29) is 23.0 Å². The average molecular weight is 623 g/mol. The van der Waals surface area contributed by atoms with Crippen LogP contribution in [0.3, 0.4) is 0 Å². The monoisotopic (exact) mass is 621 g/mol. The molecule has 3 aromatic rings. The molecule has 0 saturated heterocycles. The van der Waals surface area contributed by atoms with Crippen LogP contribution >= 0.6 is 27.5 Å². The minimum Gasteiger partial charge on any atom is -0.494 e. The van der Waals surface area contributed by atoms with E-state index in [4.69, 9.17) is 16.3 Å². The second kappa shape index (κ2) is 13.1. The molecule has 1 N–H and O–H groups in total. The molecule has 0 spiro atoms. The van der Waals surface area contributed by atoms with Crippen molar-refractivity contribution in [1.82, 2.24) is 10.2 Å². The third-order valence-electron chi connectivity index (χ3n) is 5.77. The van der Waals surface area contributed by atoms with Crippen LogP contribution in [0, 0.1) is 0 Å². The van der Waals surface area contributed by atoms with Crippen molar-refractivity contribution in [2.75, 3.05) is 24.5 Å². The number of ether oxygens (including phenoxy) is 1. The van der Waals surface area contributed by atoms with Crippen molar-refractivity contribution in [2.45, 2.75) is 31.3 Å². The number of rotatable bonds is 11. The van der Waals surface area contributed by atoms with Gasteiger partial charge in [-0.3, -0.25) is 13.9 Å². The highest BCUT2D eigenvalue weighted by molar-refractivity contribution is 9.10. The largest absolute Gasteiger partial charge is 0.494 e. The fourth-order valence-corrected chi connectivity index (χ4v) is 5.65. The quantitative estimate of drug-likeness (QED) is 0.330. The predicted octanol–water partition coefficient (Wildman–Crippen LogP) is 4.86. The van der Waals surface area contributed by atoms with Gasteiger partial charge in [0.2, 0.25) is 11.8 Å². The van der Waals surface area contributed by atoms with Crippen LogP contribution in [0.2, 0.25) is 5.02 Å². The smallest absolute Gasteiger partial charge is 0.264 e. The van der Waals surface area contributed by atoms with Crippen molar-refractivity contribution in [3.8, 4) is 5.75 Å². The SMILES string of the molecule is CCOc1ccc(N(CC(=O)N(Cc2cccc(Cl)c2)[C@H](C)C(=O)NC)S(=O)(=O)c2ccc(Br)cc2)cc1. The third kappa shape index (κ3) is 7.27. The molecule has 38 heavy (non-hydrogen) atoms. The fraction of sp³-hybridized carbons (Fsp3) is 0.259. The number of carbonyl (C=O) groups is 2. The molecular formula is C27H29BrClN3O5S. The number of benzene rings is 3. The molecule has 0 heterocycles. The molecule has 0 saturated carbocycles. The summed E-state index contributed by atoms with van der Waals surface area (Å²) in [6, 6.07) is 18.7. The van der Waals surface area contributed by atoms with Crippen molar-refractivity contribution in [1.29, 1.82) is 0 Å². The highest BCUT2D eigenvalue weighted by atomic mass is 79.9. The van der Waals surface area contributed by atoms with Crippen molar-refractivity contribution in [3.05, 3.63) is 87.9 Å². The zero-order valence-corrected chi connectivity index (χ0v) is 24.4. The number of nitrogens with zero attached hydrogens (tertiary/aromatic N) is 2. The lowest BCUT2D eigenvalue weighted by Gasteiger charge is -2.31. The Morgan fingerprint density at radius 3 is 2.29 bits per heavy atom. The first-order valence-corrected chi connectivity index (χ1v) is 14.4. The van der Waals surface area contributed by atoms with Crippen LogP contribution in [0.1, 0.15) is 19.4 Å². The lowest BCUT2D eigenvalue weighted by Crippen LogP contribution is -2.50. The molecule has 11 heteroatoms. The van der Waals surface area contributed by atoms with Crippen LogP contribution in [0.25, 0.3) is 0 Å². The van der Waals surface area contributed by atoms with Gasteiger partial charge in [-0.25, -0.2) is 8.42 Å². The molecule has 8 nitrogen and oxygen atoms in total. The number of likely N-dealkylation sites (N-methyl/N-ethyl adjacent to an activating group) is 1. The molecular weight excluding hydrogens is 594 g/mol. The Bertz CT molecular complexity index is 1370. The van der Waals surface area contributed by atoms with Crippen LogP contribution in [-0.4, -0.2) is 51.4 Å². The molecule has 0 fully saturated rings. The zero-order valence-electron chi connectivity index (χ0n) is 21.2. The first-order chi connectivity index (χ1) is 18.1. The topological polar surface area (TPSA) is 96.0 Å². The van der Waals surface area contributed by atoms with Crippen LogP contribution < -0.4 is 14.4 Å². The van der Waals surface area contributed by atoms with E-state index in [1.54, 1.807) is 67.6 Å². The first kappa shape index (κ1) is 29.5. The lowest BCUT2D eigenvalue weighted by molar-refractivity contribution is -0.139. The normalized spacial score (nSPS) is 11.9. The Balaban J connectivity index is 2.03. The van der Waals surface area contributed by atoms with Gasteiger partial charge in [-0.15, -0.1) is 0 Å². The summed E-state index contributed by atoms with van der Waals surface area (Å²) < 4.78 is 34.8. The van der Waals surface area contributed by atoms with Crippen molar-refractivity contribution >= 4 is 55.1 Å². The molecule has 0 unspecified atom stereocenters. The third-order valence-corrected chi connectivity index (χ3v) is 8.32. The summed E-state index contributed by atoms with van der Waals surface area (Å²) in [7, 11) is -2.68. The van der Waals surface area contributed by atoms with Gasteiger partial charge in [0.1, 0.15) is 18.3 Å². The molecule has 3 aromatic carbocycles. The molecule has 0 radical (unpaired) electrons. The Labute approximate surface area is 236 Å². The summed E-state index contributed by atoms with van der Waals surface area (Å²) in [6.45, 7) is 3.41. The molecule has 1 atom stereocenters. The van der Waals surface area contributed by atoms with Gasteiger partial charge in [0.15, 0.2) is 0 Å². The summed E-state index contributed by atoms with van der Waals surface area (Å²) in [4.78, 5) is 27.6. The number of sulfonamides is 1. The molecule has 202 valence electrons. The van der Waals surface area contributed by atoms with E-state index in [1.807, 2.05) is 6.92 Å². The number of halogens is 2. The number of anilines is 1. The maximum atomic E-state index is 13.8. The summed E-state index contributed by atoms with van der Waals surface area (Å²) in [5.41, 5.74) is 0.977. The van der Waals surface area contributed by atoms with Gasteiger partial charge in [0, 0.05) is 23.1 Å². The van der Waals surface area contributed by atoms with Crippen molar-refractivity contribution < 1.29 is 22.7 Å². The van der Waals surface area contributed by atoms with E-state index in [1.165, 1.54) is 24.1 Å². The van der Waals surface area contributed by atoms with Gasteiger partial charge < -0.3 is 15.0 Å². The maximum absolute atomic E-state index is 13.8. The maximum Gasteiger partial charge on any atom is 0.264 e. The first-order valence-electron chi connectivity index (χ1n) is 11.8. The standard InChI is InChI=1S/C27H29BrClN3O5S/c1-4-37-24-12-10-23(11-13-24)32(38(35,36)25-14-8-21(28)9-15-25)18-26(33)31(19(2)27(34)30-3)17-20-6-5-7-22(29)16-20/h5-16,19H,4,17-18H2,1-3H3,(H,30,34)/t19-/m1/s1. The highest BCUT2D eigenvalue weighted by Gasteiger charge is 2.32. The van der Waals surface area contributed by atoms with Gasteiger partial charge in [0.25, 0.3) is 10.0 Å². The number of nitrogens with one attached hydrogen (secondary N) is 1. The Hall–Kier alpha value is -3.08. The van der Waals surface area contributed by atoms with E-state index < -0.39 is 28.5 Å². The molecule has 0 bridgehead atoms. The van der Waals surface area contributed by atoms with Gasteiger partial charge in [-0.05, 0) is 80.1 Å². The summed E-state index contributed by atoms with van der Waals surface area (Å²) in [5.74, 6) is -0.376. The lowest BCUT2D eigenvalue weighted by atomic mass is 10.1. The predicted molar refractivity (Wildman–Crippen MR) is 152 cm³/mol. The van der Waals surface area contributed by atoms with Gasteiger partial charge in [-0.1, -0.05) is 39.7 Å². The fourth-order valence-electron chi connectivity index (χ4n) is 3.76. The van der Waals surface area contributed by atoms with E-state index in [0.29, 0.717) is 27.4 Å². The van der Waals surface area contributed by atoms with Crippen molar-refractivity contribution in [3.63, 3.8) is 0 Å².